The molecule has 16 heavy (non-hydrogen) atoms. The lowest BCUT2D eigenvalue weighted by Crippen LogP contribution is -2.30. The third-order valence-electron chi connectivity index (χ3n) is 2.42. The van der Waals surface area contributed by atoms with Crippen molar-refractivity contribution in [2.45, 2.75) is 33.0 Å². The number of aromatic amines is 1. The van der Waals surface area contributed by atoms with Gasteiger partial charge in [-0.2, -0.15) is 10.2 Å². The van der Waals surface area contributed by atoms with Crippen molar-refractivity contribution < 1.29 is 0 Å². The zero-order chi connectivity index (χ0) is 11.4. The van der Waals surface area contributed by atoms with Crippen molar-refractivity contribution in [2.24, 2.45) is 0 Å². The molecule has 0 aromatic carbocycles. The molecule has 5 nitrogen and oxygen atoms in total. The van der Waals surface area contributed by atoms with E-state index in [1.807, 2.05) is 30.1 Å². The molecule has 0 aliphatic rings. The first-order valence-corrected chi connectivity index (χ1v) is 5.45. The molecular weight excluding hydrogens is 202 g/mol. The van der Waals surface area contributed by atoms with Crippen LogP contribution in [0.4, 0.5) is 0 Å². The predicted octanol–water partition coefficient (Wildman–Crippen LogP) is 1.09. The Kier molecular flexibility index (Phi) is 3.36. The van der Waals surface area contributed by atoms with Gasteiger partial charge >= 0.3 is 0 Å². The van der Waals surface area contributed by atoms with E-state index in [9.17, 15) is 0 Å². The van der Waals surface area contributed by atoms with Crippen LogP contribution in [0.25, 0.3) is 0 Å². The van der Waals surface area contributed by atoms with Gasteiger partial charge in [0.1, 0.15) is 0 Å². The summed E-state index contributed by atoms with van der Waals surface area (Å²) in [4.78, 5) is 0. The van der Waals surface area contributed by atoms with Gasteiger partial charge in [-0.05, 0) is 25.5 Å². The maximum atomic E-state index is 4.26. The van der Waals surface area contributed by atoms with E-state index < -0.39 is 0 Å². The second kappa shape index (κ2) is 4.94. The van der Waals surface area contributed by atoms with Crippen LogP contribution >= 0.6 is 0 Å². The van der Waals surface area contributed by atoms with Crippen molar-refractivity contribution in [1.82, 2.24) is 25.3 Å². The molecule has 2 heterocycles. The Morgan fingerprint density at radius 3 is 3.06 bits per heavy atom. The van der Waals surface area contributed by atoms with E-state index in [0.717, 1.165) is 18.8 Å². The van der Waals surface area contributed by atoms with Crippen LogP contribution in [0.15, 0.2) is 24.7 Å². The van der Waals surface area contributed by atoms with Crippen LogP contribution in [0.2, 0.25) is 0 Å². The second-order valence-electron chi connectivity index (χ2n) is 4.10. The minimum Gasteiger partial charge on any atom is -0.307 e. The van der Waals surface area contributed by atoms with E-state index in [0.29, 0.717) is 6.04 Å². The summed E-state index contributed by atoms with van der Waals surface area (Å²) in [5.74, 6) is 0. The van der Waals surface area contributed by atoms with Crippen molar-refractivity contribution >= 4 is 0 Å². The Hall–Kier alpha value is -1.62. The molecule has 0 saturated heterocycles. The molecule has 2 aromatic rings. The Balaban J connectivity index is 1.78. The van der Waals surface area contributed by atoms with Gasteiger partial charge in [0.25, 0.3) is 0 Å². The Morgan fingerprint density at radius 2 is 2.44 bits per heavy atom. The lowest BCUT2D eigenvalue weighted by atomic mass is 10.3. The van der Waals surface area contributed by atoms with E-state index in [1.165, 1.54) is 5.56 Å². The summed E-state index contributed by atoms with van der Waals surface area (Å²) in [5, 5.41) is 14.5. The summed E-state index contributed by atoms with van der Waals surface area (Å²) < 4.78 is 1.96. The SMILES string of the molecule is Cc1cnn(C[C@H](C)NCc2ccn[nH]2)c1. The average Bonchev–Trinajstić information content (AvgIpc) is 2.87. The number of hydrogen-bond donors (Lipinski definition) is 2. The van der Waals surface area contributed by atoms with Crippen LogP contribution in [-0.2, 0) is 13.1 Å². The van der Waals surface area contributed by atoms with Gasteiger partial charge in [-0.3, -0.25) is 9.78 Å². The van der Waals surface area contributed by atoms with Crippen molar-refractivity contribution in [1.29, 1.82) is 0 Å². The van der Waals surface area contributed by atoms with Crippen LogP contribution in [0.3, 0.4) is 0 Å². The van der Waals surface area contributed by atoms with Crippen molar-refractivity contribution in [2.75, 3.05) is 0 Å². The molecule has 0 bridgehead atoms. The fourth-order valence-electron chi connectivity index (χ4n) is 1.58. The highest BCUT2D eigenvalue weighted by Gasteiger charge is 2.03. The van der Waals surface area contributed by atoms with Crippen molar-refractivity contribution in [3.8, 4) is 0 Å². The highest BCUT2D eigenvalue weighted by Crippen LogP contribution is 1.97. The fraction of sp³-hybridized carbons (Fsp3) is 0.455. The number of nitrogens with one attached hydrogen (secondary N) is 2. The van der Waals surface area contributed by atoms with Crippen LogP contribution in [0, 0.1) is 6.92 Å². The fourth-order valence-corrected chi connectivity index (χ4v) is 1.58. The van der Waals surface area contributed by atoms with E-state index >= 15 is 0 Å². The highest BCUT2D eigenvalue weighted by molar-refractivity contribution is 5.00. The van der Waals surface area contributed by atoms with Crippen molar-refractivity contribution in [3.63, 3.8) is 0 Å². The zero-order valence-electron chi connectivity index (χ0n) is 9.64. The van der Waals surface area contributed by atoms with Gasteiger partial charge in [0.15, 0.2) is 0 Å². The minimum atomic E-state index is 0.377. The first kappa shape index (κ1) is 10.9. The van der Waals surface area contributed by atoms with Crippen molar-refractivity contribution in [3.05, 3.63) is 35.9 Å². The Labute approximate surface area is 94.9 Å². The Morgan fingerprint density at radius 1 is 1.56 bits per heavy atom. The smallest absolute Gasteiger partial charge is 0.0560 e. The summed E-state index contributed by atoms with van der Waals surface area (Å²) in [6.45, 7) is 5.88. The van der Waals surface area contributed by atoms with Gasteiger partial charge in [-0.25, -0.2) is 0 Å². The molecule has 0 unspecified atom stereocenters. The number of H-pyrrole nitrogens is 1. The molecule has 0 aliphatic carbocycles. The Bertz CT molecular complexity index is 417. The molecule has 0 fully saturated rings. The molecule has 5 heteroatoms. The quantitative estimate of drug-likeness (QED) is 0.791. The zero-order valence-corrected chi connectivity index (χ0v) is 9.64. The molecule has 0 spiro atoms. The molecule has 2 N–H and O–H groups in total. The van der Waals surface area contributed by atoms with Crippen LogP contribution in [0.5, 0.6) is 0 Å². The number of aryl methyl sites for hydroxylation is 1. The topological polar surface area (TPSA) is 58.5 Å². The third-order valence-corrected chi connectivity index (χ3v) is 2.42. The normalized spacial score (nSPS) is 12.9. The van der Waals surface area contributed by atoms with Gasteiger partial charge < -0.3 is 5.32 Å². The molecule has 0 saturated carbocycles. The molecule has 86 valence electrons. The number of aromatic nitrogens is 4. The van der Waals surface area contributed by atoms with Crippen LogP contribution in [0.1, 0.15) is 18.2 Å². The number of nitrogens with zero attached hydrogens (tertiary/aromatic N) is 3. The maximum absolute atomic E-state index is 4.26. The molecule has 2 aromatic heterocycles. The van der Waals surface area contributed by atoms with Gasteiger partial charge in [-0.1, -0.05) is 0 Å². The van der Waals surface area contributed by atoms with Gasteiger partial charge in [0, 0.05) is 30.7 Å². The standard InChI is InChI=1S/C11H17N5/c1-9-5-14-16(7-9)8-10(2)12-6-11-3-4-13-15-11/h3-5,7,10,12H,6,8H2,1-2H3,(H,13,15)/t10-/m0/s1. The van der Waals surface area contributed by atoms with E-state index in [-0.39, 0.29) is 0 Å². The molecule has 2 rings (SSSR count). The number of hydrogen-bond acceptors (Lipinski definition) is 3. The summed E-state index contributed by atoms with van der Waals surface area (Å²) >= 11 is 0. The lowest BCUT2D eigenvalue weighted by Gasteiger charge is -2.12. The van der Waals surface area contributed by atoms with Gasteiger partial charge in [-0.15, -0.1) is 0 Å². The highest BCUT2D eigenvalue weighted by atomic mass is 15.3. The first-order chi connectivity index (χ1) is 7.74. The predicted molar refractivity (Wildman–Crippen MR) is 61.9 cm³/mol. The van der Waals surface area contributed by atoms with E-state index in [1.54, 1.807) is 6.20 Å². The maximum Gasteiger partial charge on any atom is 0.0560 e. The average molecular weight is 219 g/mol. The monoisotopic (exact) mass is 219 g/mol. The third kappa shape index (κ3) is 2.93. The molecule has 0 radical (unpaired) electrons. The van der Waals surface area contributed by atoms with Crippen LogP contribution in [-0.4, -0.2) is 26.0 Å². The molecular formula is C11H17N5. The summed E-state index contributed by atoms with van der Waals surface area (Å²) in [6.07, 6.45) is 5.69. The van der Waals surface area contributed by atoms with Gasteiger partial charge in [0.2, 0.25) is 0 Å². The largest absolute Gasteiger partial charge is 0.307 e. The van der Waals surface area contributed by atoms with E-state index in [2.05, 4.69) is 27.5 Å². The van der Waals surface area contributed by atoms with E-state index in [4.69, 9.17) is 0 Å². The molecule has 0 amide bonds. The summed E-state index contributed by atoms with van der Waals surface area (Å²) in [5.41, 5.74) is 2.30. The molecule has 0 aliphatic heterocycles. The summed E-state index contributed by atoms with van der Waals surface area (Å²) in [7, 11) is 0. The summed E-state index contributed by atoms with van der Waals surface area (Å²) in [6, 6.07) is 2.35. The lowest BCUT2D eigenvalue weighted by molar-refractivity contribution is 0.448. The van der Waals surface area contributed by atoms with Crippen LogP contribution < -0.4 is 5.32 Å². The number of rotatable bonds is 5. The minimum absolute atomic E-state index is 0.377. The second-order valence-corrected chi connectivity index (χ2v) is 4.10. The van der Waals surface area contributed by atoms with Gasteiger partial charge in [0.05, 0.1) is 12.7 Å². The molecule has 1 atom stereocenters. The first-order valence-electron chi connectivity index (χ1n) is 5.45.